The first-order chi connectivity index (χ1) is 15.8. The van der Waals surface area contributed by atoms with E-state index in [0.717, 1.165) is 33.0 Å². The van der Waals surface area contributed by atoms with E-state index in [1.807, 2.05) is 26.0 Å². The second-order valence-corrected chi connectivity index (χ2v) is 10.5. The SMILES string of the molecule is COc1ccc(N([C@H](C)C(=O)N[C@H](C)c2cc(C(C)C)c(OC)cc2C)S(C)(=O)=O)cc1OC. The van der Waals surface area contributed by atoms with Crippen molar-refractivity contribution in [2.45, 2.75) is 52.6 Å². The van der Waals surface area contributed by atoms with Crippen molar-refractivity contribution in [3.05, 3.63) is 47.0 Å². The van der Waals surface area contributed by atoms with E-state index in [1.165, 1.54) is 20.3 Å². The predicted octanol–water partition coefficient (Wildman–Crippen LogP) is 4.18. The average molecular weight is 493 g/mol. The highest BCUT2D eigenvalue weighted by Gasteiger charge is 2.31. The van der Waals surface area contributed by atoms with Crippen LogP contribution in [-0.2, 0) is 14.8 Å². The van der Waals surface area contributed by atoms with Gasteiger partial charge in [-0.2, -0.15) is 0 Å². The molecule has 8 nitrogen and oxygen atoms in total. The van der Waals surface area contributed by atoms with Crippen LogP contribution in [0.5, 0.6) is 17.2 Å². The first-order valence-corrected chi connectivity index (χ1v) is 12.9. The van der Waals surface area contributed by atoms with Gasteiger partial charge in [0.05, 0.1) is 39.3 Å². The van der Waals surface area contributed by atoms with Gasteiger partial charge in [-0.3, -0.25) is 9.10 Å². The Bertz CT molecular complexity index is 1130. The molecule has 0 aliphatic rings. The van der Waals surface area contributed by atoms with Crippen LogP contribution in [0.15, 0.2) is 30.3 Å². The van der Waals surface area contributed by atoms with E-state index in [9.17, 15) is 13.2 Å². The van der Waals surface area contributed by atoms with Crippen LogP contribution in [0.4, 0.5) is 5.69 Å². The van der Waals surface area contributed by atoms with Crippen LogP contribution in [-0.4, -0.2) is 48.0 Å². The number of anilines is 1. The topological polar surface area (TPSA) is 94.2 Å². The average Bonchev–Trinajstić information content (AvgIpc) is 2.77. The second-order valence-electron chi connectivity index (χ2n) is 8.61. The zero-order valence-electron chi connectivity index (χ0n) is 21.4. The number of nitrogens with one attached hydrogen (secondary N) is 1. The molecule has 1 amide bonds. The second kappa shape index (κ2) is 11.0. The lowest BCUT2D eigenvalue weighted by Crippen LogP contribution is -2.48. The van der Waals surface area contributed by atoms with Gasteiger partial charge >= 0.3 is 0 Å². The number of sulfonamides is 1. The number of rotatable bonds is 10. The standard InChI is InChI=1S/C25H36N2O6S/c1-15(2)20-14-21(16(3)12-23(20)32-7)17(4)26-25(28)18(5)27(34(9,29)30)19-10-11-22(31-6)24(13-19)33-8/h10-15,17-18H,1-9H3,(H,26,28)/t17-,18-/m1/s1. The normalized spacial score (nSPS) is 13.2. The van der Waals surface area contributed by atoms with Crippen LogP contribution < -0.4 is 23.8 Å². The molecule has 0 saturated carbocycles. The lowest BCUT2D eigenvalue weighted by molar-refractivity contribution is -0.122. The van der Waals surface area contributed by atoms with Gasteiger partial charge in [0.25, 0.3) is 0 Å². The Balaban J connectivity index is 2.38. The van der Waals surface area contributed by atoms with Crippen molar-refractivity contribution < 1.29 is 27.4 Å². The Kier molecular flexibility index (Phi) is 8.83. The van der Waals surface area contributed by atoms with Gasteiger partial charge in [-0.1, -0.05) is 13.8 Å². The van der Waals surface area contributed by atoms with Gasteiger partial charge in [0.1, 0.15) is 11.8 Å². The lowest BCUT2D eigenvalue weighted by atomic mass is 9.93. The molecule has 188 valence electrons. The summed E-state index contributed by atoms with van der Waals surface area (Å²) in [5.41, 5.74) is 3.27. The van der Waals surface area contributed by atoms with Gasteiger partial charge in [0, 0.05) is 6.07 Å². The molecule has 2 rings (SSSR count). The van der Waals surface area contributed by atoms with Crippen LogP contribution >= 0.6 is 0 Å². The Morgan fingerprint density at radius 1 is 0.882 bits per heavy atom. The van der Waals surface area contributed by atoms with Crippen molar-refractivity contribution in [3.8, 4) is 17.2 Å². The van der Waals surface area contributed by atoms with Crippen molar-refractivity contribution in [2.75, 3.05) is 31.9 Å². The molecule has 9 heteroatoms. The fourth-order valence-corrected chi connectivity index (χ4v) is 5.16. The molecule has 34 heavy (non-hydrogen) atoms. The number of benzene rings is 2. The summed E-state index contributed by atoms with van der Waals surface area (Å²) in [4.78, 5) is 13.2. The van der Waals surface area contributed by atoms with Gasteiger partial charge in [-0.25, -0.2) is 8.42 Å². The number of hydrogen-bond acceptors (Lipinski definition) is 6. The quantitative estimate of drug-likeness (QED) is 0.535. The number of carbonyl (C=O) groups is 1. The molecule has 0 fully saturated rings. The molecule has 0 heterocycles. The number of ether oxygens (including phenoxy) is 3. The Labute approximate surface area is 203 Å². The highest BCUT2D eigenvalue weighted by Crippen LogP contribution is 2.34. The fraction of sp³-hybridized carbons (Fsp3) is 0.480. The molecule has 0 radical (unpaired) electrons. The fourth-order valence-electron chi connectivity index (χ4n) is 3.99. The van der Waals surface area contributed by atoms with E-state index in [0.29, 0.717) is 17.2 Å². The molecule has 0 spiro atoms. The van der Waals surface area contributed by atoms with Crippen molar-refractivity contribution in [1.29, 1.82) is 0 Å². The Morgan fingerprint density at radius 3 is 1.97 bits per heavy atom. The molecule has 0 aliphatic carbocycles. The maximum absolute atomic E-state index is 13.2. The molecule has 0 aromatic heterocycles. The molecule has 2 aromatic carbocycles. The zero-order chi connectivity index (χ0) is 25.8. The van der Waals surface area contributed by atoms with Crippen LogP contribution in [0.1, 0.15) is 56.3 Å². The van der Waals surface area contributed by atoms with Crippen molar-refractivity contribution in [1.82, 2.24) is 5.32 Å². The molecular formula is C25H36N2O6S. The van der Waals surface area contributed by atoms with Crippen LogP contribution in [0.2, 0.25) is 0 Å². The summed E-state index contributed by atoms with van der Waals surface area (Å²) in [7, 11) is 0.818. The summed E-state index contributed by atoms with van der Waals surface area (Å²) in [6.45, 7) is 9.55. The van der Waals surface area contributed by atoms with Gasteiger partial charge in [-0.15, -0.1) is 0 Å². The summed E-state index contributed by atoms with van der Waals surface area (Å²) in [5, 5.41) is 2.97. The molecule has 1 N–H and O–H groups in total. The Morgan fingerprint density at radius 2 is 1.47 bits per heavy atom. The predicted molar refractivity (Wildman–Crippen MR) is 135 cm³/mol. The third-order valence-electron chi connectivity index (χ3n) is 5.78. The highest BCUT2D eigenvalue weighted by molar-refractivity contribution is 7.92. The zero-order valence-corrected chi connectivity index (χ0v) is 22.2. The summed E-state index contributed by atoms with van der Waals surface area (Å²) >= 11 is 0. The number of carbonyl (C=O) groups excluding carboxylic acids is 1. The summed E-state index contributed by atoms with van der Waals surface area (Å²) in [5.74, 6) is 1.45. The number of nitrogens with zero attached hydrogens (tertiary/aromatic N) is 1. The van der Waals surface area contributed by atoms with E-state index in [-0.39, 0.29) is 12.0 Å². The van der Waals surface area contributed by atoms with E-state index in [4.69, 9.17) is 14.2 Å². The molecule has 0 aliphatic heterocycles. The highest BCUT2D eigenvalue weighted by atomic mass is 32.2. The summed E-state index contributed by atoms with van der Waals surface area (Å²) < 4.78 is 42.5. The van der Waals surface area contributed by atoms with E-state index in [2.05, 4.69) is 19.2 Å². The third kappa shape index (κ3) is 5.94. The summed E-state index contributed by atoms with van der Waals surface area (Å²) in [6.07, 6.45) is 1.07. The van der Waals surface area contributed by atoms with Crippen molar-refractivity contribution >= 4 is 21.6 Å². The van der Waals surface area contributed by atoms with E-state index in [1.54, 1.807) is 26.2 Å². The van der Waals surface area contributed by atoms with Gasteiger partial charge in [0.2, 0.25) is 15.9 Å². The monoisotopic (exact) mass is 492 g/mol. The van der Waals surface area contributed by atoms with Crippen LogP contribution in [0.25, 0.3) is 0 Å². The van der Waals surface area contributed by atoms with Crippen molar-refractivity contribution in [2.24, 2.45) is 0 Å². The van der Waals surface area contributed by atoms with Crippen molar-refractivity contribution in [3.63, 3.8) is 0 Å². The molecule has 0 bridgehead atoms. The largest absolute Gasteiger partial charge is 0.496 e. The number of amides is 1. The maximum Gasteiger partial charge on any atom is 0.244 e. The van der Waals surface area contributed by atoms with Crippen LogP contribution in [0.3, 0.4) is 0 Å². The summed E-state index contributed by atoms with van der Waals surface area (Å²) in [6, 6.07) is 7.38. The minimum absolute atomic E-state index is 0.238. The third-order valence-corrected chi connectivity index (χ3v) is 7.02. The minimum atomic E-state index is -3.78. The Hall–Kier alpha value is -2.94. The van der Waals surface area contributed by atoms with Gasteiger partial charge in [0.15, 0.2) is 11.5 Å². The first kappa shape index (κ1) is 27.3. The molecule has 0 unspecified atom stereocenters. The van der Waals surface area contributed by atoms with Gasteiger partial charge in [-0.05, 0) is 67.6 Å². The first-order valence-electron chi connectivity index (χ1n) is 11.1. The number of methoxy groups -OCH3 is 3. The maximum atomic E-state index is 13.2. The molecular weight excluding hydrogens is 456 g/mol. The molecule has 2 aromatic rings. The number of hydrogen-bond donors (Lipinski definition) is 1. The lowest BCUT2D eigenvalue weighted by Gasteiger charge is -2.30. The van der Waals surface area contributed by atoms with Crippen LogP contribution in [0, 0.1) is 6.92 Å². The van der Waals surface area contributed by atoms with E-state index < -0.39 is 22.0 Å². The van der Waals surface area contributed by atoms with Gasteiger partial charge < -0.3 is 19.5 Å². The number of aryl methyl sites for hydroxylation is 1. The smallest absolute Gasteiger partial charge is 0.244 e. The molecule has 2 atom stereocenters. The molecule has 0 saturated heterocycles. The minimum Gasteiger partial charge on any atom is -0.496 e. The van der Waals surface area contributed by atoms with E-state index >= 15 is 0 Å².